The van der Waals surface area contributed by atoms with Crippen molar-refractivity contribution < 1.29 is 14.6 Å². The zero-order valence-corrected chi connectivity index (χ0v) is 12.1. The van der Waals surface area contributed by atoms with E-state index in [1.807, 2.05) is 24.3 Å². The van der Waals surface area contributed by atoms with E-state index >= 15 is 0 Å². The lowest BCUT2D eigenvalue weighted by Crippen LogP contribution is -2.14. The lowest BCUT2D eigenvalue weighted by atomic mass is 10.2. The van der Waals surface area contributed by atoms with Gasteiger partial charge in [-0.1, -0.05) is 12.1 Å². The number of phenols is 1. The molecule has 2 rings (SSSR count). The van der Waals surface area contributed by atoms with Crippen LogP contribution in [0.2, 0.25) is 0 Å². The number of phenolic OH excluding ortho intramolecular Hbond substituents is 1. The Morgan fingerprint density at radius 3 is 2.36 bits per heavy atom. The Balaban J connectivity index is 1.86. The van der Waals surface area contributed by atoms with Crippen LogP contribution >= 0.6 is 0 Å². The van der Waals surface area contributed by atoms with E-state index in [-0.39, 0.29) is 11.7 Å². The number of carbonyl (C=O) groups excluding carboxylic acids is 1. The molecule has 1 amide bonds. The fraction of sp³-hybridized carbons (Fsp3) is 0.0588. The Morgan fingerprint density at radius 1 is 1.09 bits per heavy atom. The number of rotatable bonds is 5. The molecule has 2 N–H and O–H groups in total. The second-order valence-electron chi connectivity index (χ2n) is 4.43. The normalized spacial score (nSPS) is 11.0. The Hall–Kier alpha value is -3.08. The molecule has 0 saturated carbocycles. The summed E-state index contributed by atoms with van der Waals surface area (Å²) in [6, 6.07) is 13.8. The number of nitrogens with one attached hydrogen (secondary N) is 1. The van der Waals surface area contributed by atoms with Crippen LogP contribution in [-0.2, 0) is 4.79 Å². The minimum absolute atomic E-state index is 0.184. The third-order valence-corrected chi connectivity index (χ3v) is 2.82. The SMILES string of the molecule is COc1ccc(C=CC(=O)NN=Cc2ccc(O)cc2)cc1. The Bertz CT molecular complexity index is 674. The smallest absolute Gasteiger partial charge is 0.264 e. The third kappa shape index (κ3) is 4.79. The van der Waals surface area contributed by atoms with Crippen molar-refractivity contribution >= 4 is 18.2 Å². The number of hydrogen-bond acceptors (Lipinski definition) is 4. The molecule has 112 valence electrons. The first kappa shape index (κ1) is 15.3. The number of benzene rings is 2. The molecule has 0 fully saturated rings. The number of amides is 1. The van der Waals surface area contributed by atoms with Crippen LogP contribution in [0.3, 0.4) is 0 Å². The highest BCUT2D eigenvalue weighted by Gasteiger charge is 1.94. The van der Waals surface area contributed by atoms with Gasteiger partial charge >= 0.3 is 0 Å². The molecule has 0 radical (unpaired) electrons. The predicted molar refractivity (Wildman–Crippen MR) is 85.9 cm³/mol. The minimum Gasteiger partial charge on any atom is -0.508 e. The Labute approximate surface area is 128 Å². The van der Waals surface area contributed by atoms with E-state index in [0.29, 0.717) is 0 Å². The number of ether oxygens (including phenoxy) is 1. The van der Waals surface area contributed by atoms with Crippen LogP contribution in [0.5, 0.6) is 11.5 Å². The molecule has 22 heavy (non-hydrogen) atoms. The van der Waals surface area contributed by atoms with E-state index in [0.717, 1.165) is 16.9 Å². The van der Waals surface area contributed by atoms with Crippen molar-refractivity contribution in [2.24, 2.45) is 5.10 Å². The van der Waals surface area contributed by atoms with Gasteiger partial charge in [0.05, 0.1) is 13.3 Å². The maximum Gasteiger partial charge on any atom is 0.264 e. The molecule has 0 aliphatic rings. The topological polar surface area (TPSA) is 70.9 Å². The number of hydrogen-bond donors (Lipinski definition) is 2. The van der Waals surface area contributed by atoms with Gasteiger partial charge in [0.1, 0.15) is 11.5 Å². The summed E-state index contributed by atoms with van der Waals surface area (Å²) in [6.45, 7) is 0. The van der Waals surface area contributed by atoms with Gasteiger partial charge in [0.15, 0.2) is 0 Å². The van der Waals surface area contributed by atoms with Crippen molar-refractivity contribution in [3.8, 4) is 11.5 Å². The van der Waals surface area contributed by atoms with Crippen LogP contribution in [0.4, 0.5) is 0 Å². The van der Waals surface area contributed by atoms with E-state index in [1.165, 1.54) is 12.3 Å². The molecule has 0 spiro atoms. The van der Waals surface area contributed by atoms with Crippen LogP contribution in [0.25, 0.3) is 6.08 Å². The van der Waals surface area contributed by atoms with Crippen molar-refractivity contribution in [3.63, 3.8) is 0 Å². The van der Waals surface area contributed by atoms with Crippen LogP contribution in [0.15, 0.2) is 59.7 Å². The summed E-state index contributed by atoms with van der Waals surface area (Å²) in [7, 11) is 1.60. The monoisotopic (exact) mass is 296 g/mol. The first-order valence-corrected chi connectivity index (χ1v) is 6.61. The van der Waals surface area contributed by atoms with Gasteiger partial charge in [0.25, 0.3) is 5.91 Å². The molecule has 5 heteroatoms. The summed E-state index contributed by atoms with van der Waals surface area (Å²) in [4.78, 5) is 11.6. The third-order valence-electron chi connectivity index (χ3n) is 2.82. The van der Waals surface area contributed by atoms with Gasteiger partial charge in [0, 0.05) is 6.08 Å². The molecular formula is C17H16N2O3. The summed E-state index contributed by atoms with van der Waals surface area (Å²) in [5.74, 6) is 0.620. The summed E-state index contributed by atoms with van der Waals surface area (Å²) in [5, 5.41) is 13.0. The van der Waals surface area contributed by atoms with Crippen molar-refractivity contribution in [3.05, 3.63) is 65.7 Å². The molecular weight excluding hydrogens is 280 g/mol. The molecule has 0 aromatic heterocycles. The van der Waals surface area contributed by atoms with Gasteiger partial charge in [-0.05, 0) is 53.6 Å². The molecule has 0 aliphatic heterocycles. The molecule has 0 unspecified atom stereocenters. The van der Waals surface area contributed by atoms with E-state index in [9.17, 15) is 4.79 Å². The molecule has 0 heterocycles. The summed E-state index contributed by atoms with van der Waals surface area (Å²) in [5.41, 5.74) is 4.06. The van der Waals surface area contributed by atoms with Gasteiger partial charge in [0.2, 0.25) is 0 Å². The number of carbonyl (C=O) groups is 1. The van der Waals surface area contributed by atoms with Crippen molar-refractivity contribution in [2.45, 2.75) is 0 Å². The Morgan fingerprint density at radius 2 is 1.73 bits per heavy atom. The van der Waals surface area contributed by atoms with Gasteiger partial charge in [-0.15, -0.1) is 0 Å². The van der Waals surface area contributed by atoms with Crippen LogP contribution in [0.1, 0.15) is 11.1 Å². The fourth-order valence-corrected chi connectivity index (χ4v) is 1.66. The molecule has 2 aromatic rings. The maximum absolute atomic E-state index is 11.6. The lowest BCUT2D eigenvalue weighted by molar-refractivity contribution is -0.116. The van der Waals surface area contributed by atoms with Crippen LogP contribution in [0, 0.1) is 0 Å². The quantitative estimate of drug-likeness (QED) is 0.506. The van der Waals surface area contributed by atoms with E-state index in [1.54, 1.807) is 37.5 Å². The van der Waals surface area contributed by atoms with Gasteiger partial charge in [-0.25, -0.2) is 5.43 Å². The van der Waals surface area contributed by atoms with E-state index in [2.05, 4.69) is 10.5 Å². The van der Waals surface area contributed by atoms with Crippen molar-refractivity contribution in [1.29, 1.82) is 0 Å². The molecule has 0 atom stereocenters. The summed E-state index contributed by atoms with van der Waals surface area (Å²) < 4.78 is 5.06. The second kappa shape index (κ2) is 7.64. The van der Waals surface area contributed by atoms with Crippen LogP contribution < -0.4 is 10.2 Å². The highest BCUT2D eigenvalue weighted by molar-refractivity contribution is 5.92. The van der Waals surface area contributed by atoms with Crippen molar-refractivity contribution in [2.75, 3.05) is 7.11 Å². The maximum atomic E-state index is 11.6. The number of aromatic hydroxyl groups is 1. The second-order valence-corrected chi connectivity index (χ2v) is 4.43. The average molecular weight is 296 g/mol. The average Bonchev–Trinajstić information content (AvgIpc) is 2.55. The van der Waals surface area contributed by atoms with Crippen LogP contribution in [-0.4, -0.2) is 24.3 Å². The number of methoxy groups -OCH3 is 1. The highest BCUT2D eigenvalue weighted by atomic mass is 16.5. The lowest BCUT2D eigenvalue weighted by Gasteiger charge is -1.99. The highest BCUT2D eigenvalue weighted by Crippen LogP contribution is 2.12. The van der Waals surface area contributed by atoms with Gasteiger partial charge in [-0.2, -0.15) is 5.10 Å². The van der Waals surface area contributed by atoms with E-state index in [4.69, 9.17) is 9.84 Å². The number of nitrogens with zero attached hydrogens (tertiary/aromatic N) is 1. The van der Waals surface area contributed by atoms with Gasteiger partial charge in [-0.3, -0.25) is 4.79 Å². The van der Waals surface area contributed by atoms with Crippen molar-refractivity contribution in [1.82, 2.24) is 5.43 Å². The Kier molecular flexibility index (Phi) is 5.31. The molecule has 0 bridgehead atoms. The molecule has 2 aromatic carbocycles. The standard InChI is InChI=1S/C17H16N2O3/c1-22-16-9-4-13(5-10-16)6-11-17(21)19-18-12-14-2-7-15(20)8-3-14/h2-12,20H,1H3,(H,19,21). The largest absolute Gasteiger partial charge is 0.508 e. The summed E-state index contributed by atoms with van der Waals surface area (Å²) >= 11 is 0. The fourth-order valence-electron chi connectivity index (χ4n) is 1.66. The molecule has 0 saturated heterocycles. The first-order chi connectivity index (χ1) is 10.7. The molecule has 5 nitrogen and oxygen atoms in total. The summed E-state index contributed by atoms with van der Waals surface area (Å²) in [6.07, 6.45) is 4.58. The predicted octanol–water partition coefficient (Wildman–Crippen LogP) is 2.56. The van der Waals surface area contributed by atoms with E-state index < -0.39 is 0 Å². The number of hydrazone groups is 1. The molecule has 0 aliphatic carbocycles. The first-order valence-electron chi connectivity index (χ1n) is 6.61. The van der Waals surface area contributed by atoms with Gasteiger partial charge < -0.3 is 9.84 Å². The minimum atomic E-state index is -0.328. The zero-order chi connectivity index (χ0) is 15.8. The zero-order valence-electron chi connectivity index (χ0n) is 12.1.